The normalized spacial score (nSPS) is 14.6. The minimum atomic E-state index is -2.63. The fourth-order valence-corrected chi connectivity index (χ4v) is 0.750. The number of thiocarbonyl (C=S) groups is 1. The summed E-state index contributed by atoms with van der Waals surface area (Å²) in [5.41, 5.74) is 2.20. The van der Waals surface area contributed by atoms with Crippen LogP contribution in [0.2, 0.25) is 0 Å². The maximum Gasteiger partial charge on any atom is 0.204 e. The molecule has 0 aromatic heterocycles. The minimum Gasteiger partial charge on any atom is -0.221 e. The van der Waals surface area contributed by atoms with Gasteiger partial charge in [-0.1, -0.05) is 23.5 Å². The van der Waals surface area contributed by atoms with Gasteiger partial charge in [0.15, 0.2) is 0 Å². The highest BCUT2D eigenvalue weighted by molar-refractivity contribution is 8.12. The number of hydrogen-bond acceptors (Lipinski definition) is 2. The fraction of sp³-hybridized carbons (Fsp3) is 0.100. The lowest BCUT2D eigenvalue weighted by molar-refractivity contribution is 0.536. The van der Waals surface area contributed by atoms with Crippen molar-refractivity contribution in [2.75, 3.05) is 0 Å². The van der Waals surface area contributed by atoms with Crippen LogP contribution in [0.3, 0.4) is 0 Å². The van der Waals surface area contributed by atoms with Crippen molar-refractivity contribution < 1.29 is 5.76 Å². The molecule has 15 heavy (non-hydrogen) atoms. The van der Waals surface area contributed by atoms with Crippen molar-refractivity contribution in [1.29, 1.82) is 1.28 Å². The molecule has 0 aromatic rings. The Bertz CT molecular complexity index is 538. The molecule has 0 aromatic carbocycles. The Balaban J connectivity index is 4.43. The summed E-state index contributed by atoms with van der Waals surface area (Å²) >= 11 is 11.5. The molecule has 0 spiro atoms. The molecular formula is C10H4FPS3. The van der Waals surface area contributed by atoms with E-state index in [2.05, 4.69) is 78.4 Å². The van der Waals surface area contributed by atoms with Crippen LogP contribution >= 0.6 is 46.0 Å². The van der Waals surface area contributed by atoms with E-state index in [1.54, 1.807) is 0 Å². The summed E-state index contributed by atoms with van der Waals surface area (Å²) in [6.45, 7) is 0. The van der Waals surface area contributed by atoms with Gasteiger partial charge in [0.05, 0.1) is 2.65 Å². The molecule has 0 saturated heterocycles. The number of alkyl halides is 1. The molecule has 0 N–H and O–H groups in total. The third-order valence-electron chi connectivity index (χ3n) is 0.684. The maximum atomic E-state index is 12.4. The van der Waals surface area contributed by atoms with Crippen LogP contribution in [0.1, 0.15) is 1.37 Å². The van der Waals surface area contributed by atoms with Crippen LogP contribution in [-0.4, -0.2) is 11.0 Å². The fourth-order valence-electron chi connectivity index (χ4n) is 0.307. The van der Waals surface area contributed by atoms with E-state index in [0.717, 1.165) is 0 Å². The van der Waals surface area contributed by atoms with Crippen molar-refractivity contribution >= 4 is 50.2 Å². The molecule has 0 radical (unpaired) electrons. The second kappa shape index (κ2) is 9.93. The molecule has 2 atom stereocenters. The average molecular weight is 273 g/mol. The molecule has 0 saturated carbocycles. The molecule has 0 aliphatic rings. The molecule has 0 fully saturated rings. The highest BCUT2D eigenvalue weighted by atomic mass is 32.1. The van der Waals surface area contributed by atoms with E-state index in [1.165, 1.54) is 0 Å². The van der Waals surface area contributed by atoms with E-state index in [1.807, 2.05) is 5.92 Å². The van der Waals surface area contributed by atoms with Gasteiger partial charge in [-0.05, 0) is 35.5 Å². The van der Waals surface area contributed by atoms with Crippen molar-refractivity contribution in [2.45, 2.75) is 5.48 Å². The van der Waals surface area contributed by atoms with Gasteiger partial charge in [0, 0.05) is 8.53 Å². The van der Waals surface area contributed by atoms with E-state index in [9.17, 15) is 4.39 Å². The zero-order valence-electron chi connectivity index (χ0n) is 9.13. The van der Waals surface area contributed by atoms with E-state index in [-0.39, 0.29) is 4.20 Å². The van der Waals surface area contributed by atoms with Gasteiger partial charge < -0.3 is 0 Å². The molecule has 74 valence electrons. The summed E-state index contributed by atoms with van der Waals surface area (Å²) in [5.74, 6) is 13.3. The van der Waals surface area contributed by atoms with Crippen molar-refractivity contribution in [3.8, 4) is 46.8 Å². The SMILES string of the molecule is [2H]P(C#CC#CC(=S)S)C#CC#CC([3H])(F)S. The first-order valence-electron chi connectivity index (χ1n) is 4.23. The van der Waals surface area contributed by atoms with Crippen molar-refractivity contribution in [3.63, 3.8) is 0 Å². The Kier molecular flexibility index (Phi) is 7.21. The Hall–Kier alpha value is -0.610. The van der Waals surface area contributed by atoms with E-state index in [0.29, 0.717) is 0 Å². The largest absolute Gasteiger partial charge is 0.221 e. The smallest absolute Gasteiger partial charge is 0.204 e. The van der Waals surface area contributed by atoms with Crippen molar-refractivity contribution in [2.24, 2.45) is 0 Å². The van der Waals surface area contributed by atoms with Gasteiger partial charge in [-0.3, -0.25) is 0 Å². The molecule has 0 nitrogen and oxygen atoms in total. The summed E-state index contributed by atoms with van der Waals surface area (Å²) in [6.07, 6.45) is 0. The van der Waals surface area contributed by atoms with Gasteiger partial charge in [-0.15, -0.1) is 25.3 Å². The summed E-state index contributed by atoms with van der Waals surface area (Å²) < 4.78 is 26.6. The maximum absolute atomic E-state index is 12.4. The Morgan fingerprint density at radius 2 is 2.07 bits per heavy atom. The first kappa shape index (κ1) is 10.9. The van der Waals surface area contributed by atoms with Gasteiger partial charge in [0.25, 0.3) is 0 Å². The van der Waals surface area contributed by atoms with Gasteiger partial charge in [0.2, 0.25) is 5.48 Å². The molecule has 2 unspecified atom stereocenters. The second-order valence-electron chi connectivity index (χ2n) is 1.68. The summed E-state index contributed by atoms with van der Waals surface area (Å²) in [5, 5.41) is 0. The summed E-state index contributed by atoms with van der Waals surface area (Å²) in [4.78, 5) is 0. The standard InChI is InChI=1S/C10H4FPS3/c11-9(13)5-1-3-7-12-8-4-2-6-10(14)15/h9,12-13H,(H,14,15)/i9T,12D. The van der Waals surface area contributed by atoms with Crippen molar-refractivity contribution in [3.05, 3.63) is 0 Å². The van der Waals surface area contributed by atoms with E-state index >= 15 is 0 Å². The molecule has 0 rings (SSSR count). The zero-order valence-corrected chi connectivity index (χ0v) is 10.6. The van der Waals surface area contributed by atoms with E-state index in [4.69, 9.17) is 2.65 Å². The van der Waals surface area contributed by atoms with Gasteiger partial charge in [-0.2, -0.15) is 0 Å². The molecule has 0 heterocycles. The van der Waals surface area contributed by atoms with Crippen LogP contribution in [0.15, 0.2) is 0 Å². The molecular weight excluding hydrogens is 266 g/mol. The number of thiol groups is 2. The Morgan fingerprint density at radius 3 is 2.60 bits per heavy atom. The van der Waals surface area contributed by atoms with Crippen LogP contribution in [-0.2, 0) is 0 Å². The molecule has 5 heteroatoms. The van der Waals surface area contributed by atoms with Gasteiger partial charge >= 0.3 is 0 Å². The zero-order chi connectivity index (χ0) is 13.3. The molecule has 0 amide bonds. The van der Waals surface area contributed by atoms with Gasteiger partial charge in [-0.25, -0.2) is 4.39 Å². The van der Waals surface area contributed by atoms with E-state index < -0.39 is 14.0 Å². The van der Waals surface area contributed by atoms with Crippen LogP contribution in [0.25, 0.3) is 0 Å². The Morgan fingerprint density at radius 1 is 1.47 bits per heavy atom. The summed E-state index contributed by atoms with van der Waals surface area (Å²) in [6, 6.07) is 0. The highest BCUT2D eigenvalue weighted by Crippen LogP contribution is 2.00. The second-order valence-corrected chi connectivity index (χ2v) is 3.90. The average Bonchev–Trinajstić information content (AvgIpc) is 2.18. The first-order valence-corrected chi connectivity index (χ1v) is 5.48. The lowest BCUT2D eigenvalue weighted by atomic mass is 10.6. The quantitative estimate of drug-likeness (QED) is 0.295. The third kappa shape index (κ3) is 13.4. The molecule has 0 aliphatic heterocycles. The third-order valence-corrected chi connectivity index (χ3v) is 1.46. The number of hydrogen-bond donors (Lipinski definition) is 2. The summed E-state index contributed by atoms with van der Waals surface area (Å²) in [7, 11) is -1.61. The molecule has 0 bridgehead atoms. The first-order chi connectivity index (χ1) is 7.81. The number of rotatable bonds is 0. The predicted octanol–water partition coefficient (Wildman–Crippen LogP) is 2.08. The van der Waals surface area contributed by atoms with Crippen LogP contribution in [0, 0.1) is 46.8 Å². The van der Waals surface area contributed by atoms with Crippen LogP contribution in [0.5, 0.6) is 0 Å². The molecule has 0 aliphatic carbocycles. The predicted molar refractivity (Wildman–Crippen MR) is 74.9 cm³/mol. The van der Waals surface area contributed by atoms with Crippen molar-refractivity contribution in [1.82, 2.24) is 0 Å². The lowest BCUT2D eigenvalue weighted by Gasteiger charge is -1.77. The topological polar surface area (TPSA) is 0 Å². The Labute approximate surface area is 109 Å². The monoisotopic (exact) mass is 273 g/mol. The minimum absolute atomic E-state index is 0.217. The highest BCUT2D eigenvalue weighted by Gasteiger charge is 1.83. The number of halogens is 1. The van der Waals surface area contributed by atoms with Crippen LogP contribution in [0.4, 0.5) is 4.39 Å². The van der Waals surface area contributed by atoms with Gasteiger partial charge in [0.1, 0.15) is 4.20 Å². The lowest BCUT2D eigenvalue weighted by Crippen LogP contribution is -1.76. The van der Waals surface area contributed by atoms with Crippen LogP contribution < -0.4 is 0 Å².